The van der Waals surface area contributed by atoms with Crippen LogP contribution in [0, 0.1) is 11.7 Å². The Bertz CT molecular complexity index is 704. The molecule has 2 rings (SSSR count). The number of carbonyl (C=O) groups excluding carboxylic acids is 1. The molecule has 0 spiro atoms. The van der Waals surface area contributed by atoms with Crippen LogP contribution in [0.25, 0.3) is 0 Å². The van der Waals surface area contributed by atoms with Gasteiger partial charge >= 0.3 is 6.61 Å². The van der Waals surface area contributed by atoms with Crippen LogP contribution in [0.1, 0.15) is 25.5 Å². The van der Waals surface area contributed by atoms with Gasteiger partial charge in [0.05, 0.1) is 0 Å². The van der Waals surface area contributed by atoms with Gasteiger partial charge < -0.3 is 15.4 Å². The number of nitrogens with two attached hydrogens (primary N) is 1. The summed E-state index contributed by atoms with van der Waals surface area (Å²) in [5.74, 6) is -0.242. The average molecular weight is 367 g/mol. The summed E-state index contributed by atoms with van der Waals surface area (Å²) >= 11 is 0. The monoisotopic (exact) mass is 367 g/mol. The minimum atomic E-state index is -2.88. The van der Waals surface area contributed by atoms with E-state index in [1.54, 1.807) is 12.1 Å². The lowest BCUT2D eigenvalue weighted by Gasteiger charge is -2.19. The second-order valence-corrected chi connectivity index (χ2v) is 6.21. The molecule has 1 atom stereocenters. The Kier molecular flexibility index (Phi) is 7.03. The second kappa shape index (κ2) is 9.24. The molecule has 0 aromatic heterocycles. The van der Waals surface area contributed by atoms with Crippen LogP contribution in [-0.4, -0.2) is 19.1 Å². The van der Waals surface area contributed by atoms with Gasteiger partial charge in [0.15, 0.2) is 6.54 Å². The highest BCUT2D eigenvalue weighted by Crippen LogP contribution is 2.19. The molecule has 4 nitrogen and oxygen atoms in total. The summed E-state index contributed by atoms with van der Waals surface area (Å²) in [5, 5.41) is 4.59. The fraction of sp³-hybridized carbons (Fsp3) is 0.316. The zero-order valence-corrected chi connectivity index (χ0v) is 14.6. The van der Waals surface area contributed by atoms with Crippen LogP contribution in [0.4, 0.5) is 18.9 Å². The van der Waals surface area contributed by atoms with E-state index in [1.165, 1.54) is 36.4 Å². The number of halogens is 3. The number of alkyl halides is 2. The number of hydrogen-bond donors (Lipinski definition) is 2. The molecular weight excluding hydrogens is 345 g/mol. The number of nitrogens with one attached hydrogen (secondary N) is 1. The van der Waals surface area contributed by atoms with Crippen LogP contribution in [0.15, 0.2) is 48.5 Å². The van der Waals surface area contributed by atoms with Crippen molar-refractivity contribution in [1.29, 1.82) is 0 Å². The number of ether oxygens (including phenoxy) is 1. The van der Waals surface area contributed by atoms with Crippen LogP contribution in [0.5, 0.6) is 5.75 Å². The molecule has 0 aliphatic heterocycles. The van der Waals surface area contributed by atoms with Gasteiger partial charge in [-0.1, -0.05) is 26.0 Å². The van der Waals surface area contributed by atoms with Gasteiger partial charge in [0, 0.05) is 17.2 Å². The molecule has 0 aliphatic carbocycles. The van der Waals surface area contributed by atoms with Crippen molar-refractivity contribution in [3.63, 3.8) is 0 Å². The molecule has 0 unspecified atom stereocenters. The van der Waals surface area contributed by atoms with Crippen molar-refractivity contribution in [1.82, 2.24) is 0 Å². The van der Waals surface area contributed by atoms with E-state index in [0.717, 1.165) is 5.56 Å². The number of amides is 1. The lowest BCUT2D eigenvalue weighted by molar-refractivity contribution is -0.692. The molecule has 2 aromatic carbocycles. The molecule has 7 heteroatoms. The molecule has 1 amide bonds. The molecule has 0 aliphatic rings. The minimum Gasteiger partial charge on any atom is -0.435 e. The first-order chi connectivity index (χ1) is 12.3. The predicted molar refractivity (Wildman–Crippen MR) is 92.5 cm³/mol. The maximum Gasteiger partial charge on any atom is 0.387 e. The number of quaternary nitrogens is 1. The van der Waals surface area contributed by atoms with Gasteiger partial charge in [-0.15, -0.1) is 0 Å². The maximum absolute atomic E-state index is 13.1. The first kappa shape index (κ1) is 19.8. The molecular formula is C19H22F3N2O2+. The highest BCUT2D eigenvalue weighted by Gasteiger charge is 2.20. The van der Waals surface area contributed by atoms with E-state index in [1.807, 2.05) is 19.2 Å². The first-order valence-electron chi connectivity index (χ1n) is 8.28. The normalized spacial score (nSPS) is 12.3. The van der Waals surface area contributed by atoms with Gasteiger partial charge in [-0.25, -0.2) is 4.39 Å². The Hall–Kier alpha value is -2.54. The SMILES string of the molecule is CC(C)[C@@H]([NH2+]CC(=O)Nc1ccc(OC(F)F)cc1)c1ccc(F)cc1. The van der Waals surface area contributed by atoms with Crippen LogP contribution < -0.4 is 15.4 Å². The summed E-state index contributed by atoms with van der Waals surface area (Å²) in [4.78, 5) is 12.1. The van der Waals surface area contributed by atoms with E-state index in [-0.39, 0.29) is 36.0 Å². The standard InChI is InChI=1S/C19H21F3N2O2/c1-12(2)18(13-3-5-14(20)6-4-13)23-11-17(25)24-15-7-9-16(10-8-15)26-19(21)22/h3-10,12,18-19,23H,11H2,1-2H3,(H,24,25)/p+1/t18-/m1/s1. The smallest absolute Gasteiger partial charge is 0.387 e. The van der Waals surface area contributed by atoms with Crippen LogP contribution >= 0.6 is 0 Å². The largest absolute Gasteiger partial charge is 0.435 e. The summed E-state index contributed by atoms with van der Waals surface area (Å²) in [7, 11) is 0. The highest BCUT2D eigenvalue weighted by molar-refractivity contribution is 5.91. The summed E-state index contributed by atoms with van der Waals surface area (Å²) in [6.45, 7) is 1.36. The van der Waals surface area contributed by atoms with E-state index in [0.29, 0.717) is 5.69 Å². The van der Waals surface area contributed by atoms with Crippen molar-refractivity contribution < 1.29 is 28.0 Å². The Morgan fingerprint density at radius 2 is 1.69 bits per heavy atom. The highest BCUT2D eigenvalue weighted by atomic mass is 19.3. The molecule has 0 bridgehead atoms. The lowest BCUT2D eigenvalue weighted by atomic mass is 9.96. The van der Waals surface area contributed by atoms with E-state index in [2.05, 4.69) is 10.1 Å². The average Bonchev–Trinajstić information content (AvgIpc) is 2.57. The first-order valence-corrected chi connectivity index (χ1v) is 8.28. The quantitative estimate of drug-likeness (QED) is 0.752. The van der Waals surface area contributed by atoms with Crippen molar-refractivity contribution in [3.8, 4) is 5.75 Å². The summed E-state index contributed by atoms with van der Waals surface area (Å²) in [5.41, 5.74) is 1.44. The Morgan fingerprint density at radius 3 is 2.23 bits per heavy atom. The van der Waals surface area contributed by atoms with E-state index < -0.39 is 6.61 Å². The van der Waals surface area contributed by atoms with Crippen molar-refractivity contribution >= 4 is 11.6 Å². The van der Waals surface area contributed by atoms with E-state index >= 15 is 0 Å². The predicted octanol–water partition coefficient (Wildman–Crippen LogP) is 3.33. The van der Waals surface area contributed by atoms with Crippen molar-refractivity contribution in [2.75, 3.05) is 11.9 Å². The lowest BCUT2D eigenvalue weighted by Crippen LogP contribution is -2.88. The number of rotatable bonds is 8. The Morgan fingerprint density at radius 1 is 1.08 bits per heavy atom. The molecule has 0 fully saturated rings. The fourth-order valence-corrected chi connectivity index (χ4v) is 2.64. The molecule has 0 saturated heterocycles. The topological polar surface area (TPSA) is 54.9 Å². The van der Waals surface area contributed by atoms with Gasteiger partial charge in [-0.2, -0.15) is 8.78 Å². The van der Waals surface area contributed by atoms with Gasteiger partial charge in [0.1, 0.15) is 17.6 Å². The van der Waals surface area contributed by atoms with Gasteiger partial charge in [-0.05, 0) is 36.4 Å². The molecule has 140 valence electrons. The third-order valence-electron chi connectivity index (χ3n) is 3.89. The number of carbonyl (C=O) groups is 1. The van der Waals surface area contributed by atoms with E-state index in [9.17, 15) is 18.0 Å². The summed E-state index contributed by atoms with van der Waals surface area (Å²) in [6.07, 6.45) is 0. The van der Waals surface area contributed by atoms with Gasteiger partial charge in [0.25, 0.3) is 5.91 Å². The molecule has 26 heavy (non-hydrogen) atoms. The van der Waals surface area contributed by atoms with Crippen LogP contribution in [0.2, 0.25) is 0 Å². The molecule has 0 heterocycles. The molecule has 0 radical (unpaired) electrons. The van der Waals surface area contributed by atoms with Crippen molar-refractivity contribution in [2.45, 2.75) is 26.5 Å². The Labute approximate surface area is 150 Å². The number of anilines is 1. The summed E-state index contributed by atoms with van der Waals surface area (Å²) < 4.78 is 41.6. The summed E-state index contributed by atoms with van der Waals surface area (Å²) in [6, 6.07) is 12.0. The van der Waals surface area contributed by atoms with Gasteiger partial charge in [0.2, 0.25) is 0 Å². The second-order valence-electron chi connectivity index (χ2n) is 6.21. The molecule has 0 saturated carbocycles. The number of benzene rings is 2. The van der Waals surface area contributed by atoms with Crippen molar-refractivity contribution in [3.05, 3.63) is 59.9 Å². The van der Waals surface area contributed by atoms with E-state index in [4.69, 9.17) is 0 Å². The van der Waals surface area contributed by atoms with Crippen LogP contribution in [-0.2, 0) is 4.79 Å². The van der Waals surface area contributed by atoms with Crippen LogP contribution in [0.3, 0.4) is 0 Å². The molecule has 2 aromatic rings. The maximum atomic E-state index is 13.1. The third-order valence-corrected chi connectivity index (χ3v) is 3.89. The minimum absolute atomic E-state index is 0.0168. The zero-order valence-electron chi connectivity index (χ0n) is 14.6. The third kappa shape index (κ3) is 6.07. The zero-order chi connectivity index (χ0) is 19.1. The number of hydrogen-bond acceptors (Lipinski definition) is 2. The van der Waals surface area contributed by atoms with Gasteiger partial charge in [-0.3, -0.25) is 4.79 Å². The molecule has 3 N–H and O–H groups in total. The Balaban J connectivity index is 1.90. The van der Waals surface area contributed by atoms with Crippen molar-refractivity contribution in [2.24, 2.45) is 5.92 Å². The fourth-order valence-electron chi connectivity index (χ4n) is 2.64.